The van der Waals surface area contributed by atoms with Gasteiger partial charge in [0.2, 0.25) is 0 Å². The van der Waals surface area contributed by atoms with Gasteiger partial charge in [-0.25, -0.2) is 0 Å². The van der Waals surface area contributed by atoms with Gasteiger partial charge >= 0.3 is 0 Å². The summed E-state index contributed by atoms with van der Waals surface area (Å²) in [6.45, 7) is 5.05. The van der Waals surface area contributed by atoms with Crippen LogP contribution in [0.1, 0.15) is 19.8 Å². The molecule has 1 atom stereocenters. The van der Waals surface area contributed by atoms with Crippen LogP contribution in [-0.4, -0.2) is 58.2 Å². The number of piperidine rings is 1. The topological polar surface area (TPSA) is 58.1 Å². The van der Waals surface area contributed by atoms with Gasteiger partial charge in [0.1, 0.15) is 11.5 Å². The second-order valence-corrected chi connectivity index (χ2v) is 9.18. The molecule has 7 heteroatoms. The maximum absolute atomic E-state index is 5.42. The molecule has 0 saturated carbocycles. The highest BCUT2D eigenvalue weighted by Crippen LogP contribution is 2.30. The molecular weight excluding hydrogens is 408 g/mol. The van der Waals surface area contributed by atoms with Gasteiger partial charge in [-0.3, -0.25) is 4.99 Å². The lowest BCUT2D eigenvalue weighted by Gasteiger charge is -2.35. The van der Waals surface area contributed by atoms with Crippen LogP contribution in [0.4, 0.5) is 5.69 Å². The molecule has 1 saturated heterocycles. The molecule has 1 fully saturated rings. The van der Waals surface area contributed by atoms with Crippen molar-refractivity contribution < 1.29 is 9.47 Å². The Morgan fingerprint density at radius 1 is 1.10 bits per heavy atom. The molecule has 2 N–H and O–H groups in total. The average molecular weight is 443 g/mol. The highest BCUT2D eigenvalue weighted by molar-refractivity contribution is 8.00. The molecule has 1 aliphatic heterocycles. The number of nitrogens with one attached hydrogen (secondary N) is 2. The predicted molar refractivity (Wildman–Crippen MR) is 131 cm³/mol. The number of thioether (sulfide) groups is 1. The van der Waals surface area contributed by atoms with Crippen LogP contribution in [-0.2, 0) is 0 Å². The number of aliphatic imine (C=N–C) groups is 1. The van der Waals surface area contributed by atoms with Crippen LogP contribution in [0.15, 0.2) is 58.4 Å². The largest absolute Gasteiger partial charge is 0.497 e. The van der Waals surface area contributed by atoms with Gasteiger partial charge in [0.25, 0.3) is 0 Å². The SMILES string of the molecule is CN=C(NCC(C)Sc1ccccc1)NC1CCN(c2cc(OC)cc(OC)c2)CC1. The maximum Gasteiger partial charge on any atom is 0.191 e. The van der Waals surface area contributed by atoms with Crippen molar-refractivity contribution in [3.63, 3.8) is 0 Å². The molecule has 2 aromatic carbocycles. The minimum Gasteiger partial charge on any atom is -0.497 e. The third kappa shape index (κ3) is 6.99. The molecule has 6 nitrogen and oxygen atoms in total. The highest BCUT2D eigenvalue weighted by atomic mass is 32.2. The van der Waals surface area contributed by atoms with E-state index in [1.807, 2.05) is 24.9 Å². The zero-order chi connectivity index (χ0) is 22.1. The Morgan fingerprint density at radius 2 is 1.74 bits per heavy atom. The van der Waals surface area contributed by atoms with E-state index in [9.17, 15) is 0 Å². The molecule has 1 heterocycles. The Hall–Kier alpha value is -2.54. The molecule has 0 aromatic heterocycles. The van der Waals surface area contributed by atoms with Gasteiger partial charge in [-0.2, -0.15) is 0 Å². The Kier molecular flexibility index (Phi) is 8.76. The van der Waals surface area contributed by atoms with Crippen molar-refractivity contribution in [2.75, 3.05) is 45.8 Å². The van der Waals surface area contributed by atoms with E-state index in [0.29, 0.717) is 11.3 Å². The van der Waals surface area contributed by atoms with E-state index in [2.05, 4.69) is 69.9 Å². The standard InChI is InChI=1S/C24H34N4O2S/c1-18(31-23-8-6-5-7-9-23)17-26-24(25-2)27-19-10-12-28(13-11-19)20-14-21(29-3)16-22(15-20)30-4/h5-9,14-16,18-19H,10-13,17H2,1-4H3,(H2,25,26,27). The van der Waals surface area contributed by atoms with E-state index >= 15 is 0 Å². The number of methoxy groups -OCH3 is 2. The molecule has 0 bridgehead atoms. The van der Waals surface area contributed by atoms with Crippen molar-refractivity contribution in [2.24, 2.45) is 4.99 Å². The van der Waals surface area contributed by atoms with Crippen LogP contribution in [0.3, 0.4) is 0 Å². The summed E-state index contributed by atoms with van der Waals surface area (Å²) >= 11 is 1.87. The number of guanidine groups is 1. The molecule has 0 amide bonds. The van der Waals surface area contributed by atoms with E-state index < -0.39 is 0 Å². The summed E-state index contributed by atoms with van der Waals surface area (Å²) in [5, 5.41) is 7.53. The summed E-state index contributed by atoms with van der Waals surface area (Å²) in [4.78, 5) is 8.10. The average Bonchev–Trinajstić information content (AvgIpc) is 2.82. The first-order valence-electron chi connectivity index (χ1n) is 10.8. The van der Waals surface area contributed by atoms with E-state index in [1.54, 1.807) is 14.2 Å². The smallest absolute Gasteiger partial charge is 0.191 e. The van der Waals surface area contributed by atoms with Crippen molar-refractivity contribution in [3.8, 4) is 11.5 Å². The summed E-state index contributed by atoms with van der Waals surface area (Å²) in [6.07, 6.45) is 2.10. The normalized spacial score (nSPS) is 16.0. The van der Waals surface area contributed by atoms with Crippen LogP contribution in [0.25, 0.3) is 0 Å². The predicted octanol–water partition coefficient (Wildman–Crippen LogP) is 4.02. The van der Waals surface area contributed by atoms with Gasteiger partial charge in [0, 0.05) is 66.8 Å². The van der Waals surface area contributed by atoms with Crippen LogP contribution < -0.4 is 25.0 Å². The lowest BCUT2D eigenvalue weighted by atomic mass is 10.0. The molecular formula is C24H34N4O2S. The van der Waals surface area contributed by atoms with Crippen LogP contribution in [0, 0.1) is 0 Å². The molecule has 31 heavy (non-hydrogen) atoms. The van der Waals surface area contributed by atoms with Crippen LogP contribution in [0.5, 0.6) is 11.5 Å². The maximum atomic E-state index is 5.42. The van der Waals surface area contributed by atoms with Gasteiger partial charge in [0.15, 0.2) is 5.96 Å². The molecule has 3 rings (SSSR count). The monoisotopic (exact) mass is 442 g/mol. The number of anilines is 1. The zero-order valence-electron chi connectivity index (χ0n) is 18.9. The van der Waals surface area contributed by atoms with Crippen molar-refractivity contribution in [1.29, 1.82) is 0 Å². The van der Waals surface area contributed by atoms with Gasteiger partial charge in [-0.05, 0) is 25.0 Å². The van der Waals surface area contributed by atoms with E-state index in [1.165, 1.54) is 4.90 Å². The highest BCUT2D eigenvalue weighted by Gasteiger charge is 2.21. The van der Waals surface area contributed by atoms with Crippen molar-refractivity contribution >= 4 is 23.4 Å². The number of nitrogens with zero attached hydrogens (tertiary/aromatic N) is 2. The fourth-order valence-electron chi connectivity index (χ4n) is 3.66. The second-order valence-electron chi connectivity index (χ2n) is 7.67. The minimum atomic E-state index is 0.409. The van der Waals surface area contributed by atoms with Gasteiger partial charge in [0.05, 0.1) is 14.2 Å². The third-order valence-electron chi connectivity index (χ3n) is 5.40. The number of hydrogen-bond donors (Lipinski definition) is 2. The zero-order valence-corrected chi connectivity index (χ0v) is 19.7. The summed E-state index contributed by atoms with van der Waals surface area (Å²) in [7, 11) is 5.21. The Bertz CT molecular complexity index is 816. The number of hydrogen-bond acceptors (Lipinski definition) is 5. The van der Waals surface area contributed by atoms with E-state index in [4.69, 9.17) is 9.47 Å². The number of ether oxygens (including phenoxy) is 2. The molecule has 1 unspecified atom stereocenters. The second kappa shape index (κ2) is 11.7. The summed E-state index contributed by atoms with van der Waals surface area (Å²) in [5.74, 6) is 2.52. The lowest BCUT2D eigenvalue weighted by Crippen LogP contribution is -2.49. The quantitative estimate of drug-likeness (QED) is 0.366. The Labute approximate surface area is 190 Å². The first-order chi connectivity index (χ1) is 15.1. The number of benzene rings is 2. The summed E-state index contributed by atoms with van der Waals surface area (Å²) < 4.78 is 10.8. The van der Waals surface area contributed by atoms with Crippen molar-refractivity contribution in [1.82, 2.24) is 10.6 Å². The van der Waals surface area contributed by atoms with Crippen LogP contribution in [0.2, 0.25) is 0 Å². The molecule has 168 valence electrons. The van der Waals surface area contributed by atoms with Crippen molar-refractivity contribution in [2.45, 2.75) is 36.0 Å². The molecule has 1 aliphatic rings. The summed E-state index contributed by atoms with van der Waals surface area (Å²) in [6, 6.07) is 17.0. The number of rotatable bonds is 8. The third-order valence-corrected chi connectivity index (χ3v) is 6.51. The fourth-order valence-corrected chi connectivity index (χ4v) is 4.60. The Morgan fingerprint density at radius 3 is 2.32 bits per heavy atom. The van der Waals surface area contributed by atoms with Crippen molar-refractivity contribution in [3.05, 3.63) is 48.5 Å². The molecule has 2 aromatic rings. The van der Waals surface area contributed by atoms with E-state index in [0.717, 1.165) is 55.6 Å². The minimum absolute atomic E-state index is 0.409. The summed E-state index contributed by atoms with van der Waals surface area (Å²) in [5.41, 5.74) is 1.14. The van der Waals surface area contributed by atoms with Gasteiger partial charge in [-0.1, -0.05) is 25.1 Å². The van der Waals surface area contributed by atoms with Gasteiger partial charge < -0.3 is 25.0 Å². The Balaban J connectivity index is 1.46. The van der Waals surface area contributed by atoms with Crippen LogP contribution >= 0.6 is 11.8 Å². The molecule has 0 spiro atoms. The first kappa shape index (κ1) is 23.1. The van der Waals surface area contributed by atoms with E-state index in [-0.39, 0.29) is 0 Å². The lowest BCUT2D eigenvalue weighted by molar-refractivity contribution is 0.393. The fraction of sp³-hybridized carbons (Fsp3) is 0.458. The first-order valence-corrected chi connectivity index (χ1v) is 11.7. The molecule has 0 radical (unpaired) electrons. The molecule has 0 aliphatic carbocycles. The van der Waals surface area contributed by atoms with Gasteiger partial charge in [-0.15, -0.1) is 11.8 Å².